The molecule has 1 aromatic rings. The number of halogens is 1. The van der Waals surface area contributed by atoms with Crippen LogP contribution in [0, 0.1) is 0 Å². The lowest BCUT2D eigenvalue weighted by Gasteiger charge is -2.24. The van der Waals surface area contributed by atoms with Gasteiger partial charge >= 0.3 is 6.09 Å². The maximum absolute atomic E-state index is 11.9. The highest BCUT2D eigenvalue weighted by Crippen LogP contribution is 2.20. The van der Waals surface area contributed by atoms with Crippen molar-refractivity contribution >= 4 is 39.3 Å². The molecular weight excluding hydrogens is 320 g/mol. The molecule has 1 heterocycles. The minimum absolute atomic E-state index is 0.0320. The highest BCUT2D eigenvalue weighted by Gasteiger charge is 2.22. The summed E-state index contributed by atoms with van der Waals surface area (Å²) in [6.07, 6.45) is 1.04. The maximum Gasteiger partial charge on any atom is 0.410 e. The summed E-state index contributed by atoms with van der Waals surface area (Å²) in [6, 6.07) is 0. The molecule has 0 aliphatic heterocycles. The molecule has 0 aliphatic carbocycles. The molecule has 0 aliphatic rings. The third-order valence-electron chi connectivity index (χ3n) is 1.87. The van der Waals surface area contributed by atoms with Crippen molar-refractivity contribution in [1.29, 1.82) is 0 Å². The van der Waals surface area contributed by atoms with Gasteiger partial charge in [0, 0.05) is 7.05 Å². The largest absolute Gasteiger partial charge is 0.444 e. The second-order valence-electron chi connectivity index (χ2n) is 4.76. The van der Waals surface area contributed by atoms with Crippen LogP contribution in [-0.2, 0) is 4.74 Å². The minimum atomic E-state index is -0.570. The van der Waals surface area contributed by atoms with Crippen molar-refractivity contribution in [2.24, 2.45) is 0 Å². The van der Waals surface area contributed by atoms with Crippen molar-refractivity contribution in [2.75, 3.05) is 13.6 Å². The Morgan fingerprint density at radius 1 is 1.50 bits per heavy atom. The molecule has 0 saturated carbocycles. The van der Waals surface area contributed by atoms with E-state index in [2.05, 4.69) is 20.3 Å². The van der Waals surface area contributed by atoms with Gasteiger partial charge in [-0.2, -0.15) is 4.37 Å². The van der Waals surface area contributed by atoms with Gasteiger partial charge in [-0.3, -0.25) is 4.79 Å². The molecule has 0 bridgehead atoms. The first-order valence-corrected chi connectivity index (χ1v) is 6.85. The van der Waals surface area contributed by atoms with Gasteiger partial charge in [-0.15, -0.1) is 0 Å². The van der Waals surface area contributed by atoms with Crippen molar-refractivity contribution in [3.05, 3.63) is 15.5 Å². The number of hydrogen-bond donors (Lipinski definition) is 0. The molecule has 0 N–H and O–H groups in total. The summed E-state index contributed by atoms with van der Waals surface area (Å²) in [6.45, 7) is 5.30. The normalized spacial score (nSPS) is 11.2. The summed E-state index contributed by atoms with van der Waals surface area (Å²) >= 11 is 4.33. The van der Waals surface area contributed by atoms with Crippen LogP contribution in [-0.4, -0.2) is 40.3 Å². The first-order chi connectivity index (χ1) is 8.20. The van der Waals surface area contributed by atoms with Gasteiger partial charge in [0.2, 0.25) is 0 Å². The van der Waals surface area contributed by atoms with Crippen molar-refractivity contribution in [2.45, 2.75) is 26.4 Å². The number of likely N-dealkylation sites (N-methyl/N-ethyl adjacent to an activating group) is 1. The Balaban J connectivity index is 2.60. The smallest absolute Gasteiger partial charge is 0.410 e. The van der Waals surface area contributed by atoms with Crippen molar-refractivity contribution in [1.82, 2.24) is 9.27 Å². The van der Waals surface area contributed by atoms with E-state index in [1.165, 1.54) is 11.9 Å². The van der Waals surface area contributed by atoms with Crippen LogP contribution in [0.2, 0.25) is 0 Å². The highest BCUT2D eigenvalue weighted by atomic mass is 79.9. The molecule has 18 heavy (non-hydrogen) atoms. The quantitative estimate of drug-likeness (QED) is 0.797. The van der Waals surface area contributed by atoms with Gasteiger partial charge in [-0.25, -0.2) is 4.79 Å². The lowest BCUT2D eigenvalue weighted by Crippen LogP contribution is -2.37. The lowest BCUT2D eigenvalue weighted by atomic mass is 10.2. The number of carbonyl (C=O) groups is 2. The lowest BCUT2D eigenvalue weighted by molar-refractivity contribution is 0.0295. The molecule has 1 amide bonds. The van der Waals surface area contributed by atoms with E-state index in [1.54, 1.807) is 27.0 Å². The highest BCUT2D eigenvalue weighted by molar-refractivity contribution is 9.10. The molecule has 1 rings (SSSR count). The number of aromatic nitrogens is 1. The van der Waals surface area contributed by atoms with Gasteiger partial charge in [0.15, 0.2) is 5.78 Å². The predicted molar refractivity (Wildman–Crippen MR) is 73.0 cm³/mol. The van der Waals surface area contributed by atoms with Gasteiger partial charge in [-0.05, 0) is 48.2 Å². The van der Waals surface area contributed by atoms with Gasteiger partial charge in [0.05, 0.1) is 17.2 Å². The van der Waals surface area contributed by atoms with E-state index >= 15 is 0 Å². The van der Waals surface area contributed by atoms with E-state index in [4.69, 9.17) is 4.74 Å². The molecule has 0 radical (unpaired) electrons. The fourth-order valence-electron chi connectivity index (χ4n) is 1.10. The second-order valence-corrected chi connectivity index (χ2v) is 6.42. The standard InChI is InChI=1S/C11H15BrN2O3S/c1-11(2,3)17-10(16)14(4)6-8(15)9-7(12)5-13-18-9/h5H,6H2,1-4H3. The zero-order valence-electron chi connectivity index (χ0n) is 10.7. The topological polar surface area (TPSA) is 59.5 Å². The van der Waals surface area contributed by atoms with E-state index in [0.717, 1.165) is 11.5 Å². The summed E-state index contributed by atoms with van der Waals surface area (Å²) < 4.78 is 9.70. The maximum atomic E-state index is 11.9. The SMILES string of the molecule is CN(CC(=O)c1sncc1Br)C(=O)OC(C)(C)C. The monoisotopic (exact) mass is 334 g/mol. The van der Waals surface area contributed by atoms with Crippen molar-refractivity contribution in [3.8, 4) is 0 Å². The molecule has 0 atom stereocenters. The molecular formula is C11H15BrN2O3S. The van der Waals surface area contributed by atoms with Crippen LogP contribution in [0.1, 0.15) is 30.4 Å². The summed E-state index contributed by atoms with van der Waals surface area (Å²) in [5.74, 6) is -0.169. The number of hydrogen-bond acceptors (Lipinski definition) is 5. The molecule has 0 aromatic carbocycles. The van der Waals surface area contributed by atoms with Crippen LogP contribution in [0.15, 0.2) is 10.7 Å². The number of Topliss-reactive ketones (excluding diaryl/α,β-unsaturated/α-hetero) is 1. The fraction of sp³-hybridized carbons (Fsp3) is 0.545. The number of ketones is 1. The Hall–Kier alpha value is -0.950. The molecule has 5 nitrogen and oxygen atoms in total. The fourth-order valence-corrected chi connectivity index (χ4v) is 2.35. The average Bonchev–Trinajstić information content (AvgIpc) is 2.61. The van der Waals surface area contributed by atoms with Crippen LogP contribution < -0.4 is 0 Å². The molecule has 0 fully saturated rings. The Bertz CT molecular complexity index is 453. The van der Waals surface area contributed by atoms with Crippen LogP contribution in [0.25, 0.3) is 0 Å². The van der Waals surface area contributed by atoms with Crippen LogP contribution >= 0.6 is 27.5 Å². The third kappa shape index (κ3) is 4.38. The van der Waals surface area contributed by atoms with E-state index in [9.17, 15) is 9.59 Å². The van der Waals surface area contributed by atoms with E-state index < -0.39 is 11.7 Å². The predicted octanol–water partition coefficient (Wildman–Crippen LogP) is 2.96. The zero-order chi connectivity index (χ0) is 13.9. The van der Waals surface area contributed by atoms with Gasteiger partial charge in [0.1, 0.15) is 10.5 Å². The summed E-state index contributed by atoms with van der Waals surface area (Å²) in [4.78, 5) is 25.3. The molecule has 0 spiro atoms. The molecule has 1 aromatic heterocycles. The van der Waals surface area contributed by atoms with Gasteiger partial charge in [-0.1, -0.05) is 0 Å². The molecule has 0 unspecified atom stereocenters. The third-order valence-corrected chi connectivity index (χ3v) is 3.57. The molecule has 7 heteroatoms. The number of carbonyl (C=O) groups excluding carboxylic acids is 2. The van der Waals surface area contributed by atoms with Crippen LogP contribution in [0.5, 0.6) is 0 Å². The van der Waals surface area contributed by atoms with E-state index in [-0.39, 0.29) is 12.3 Å². The molecule has 100 valence electrons. The Labute approximate surface area is 118 Å². The zero-order valence-corrected chi connectivity index (χ0v) is 13.1. The Morgan fingerprint density at radius 2 is 2.11 bits per heavy atom. The summed E-state index contributed by atoms with van der Waals surface area (Å²) in [5.41, 5.74) is -0.570. The van der Waals surface area contributed by atoms with Crippen molar-refractivity contribution in [3.63, 3.8) is 0 Å². The number of ether oxygens (including phenoxy) is 1. The van der Waals surface area contributed by atoms with Crippen LogP contribution in [0.3, 0.4) is 0 Å². The summed E-state index contributed by atoms with van der Waals surface area (Å²) in [7, 11) is 1.53. The van der Waals surface area contributed by atoms with E-state index in [1.807, 2.05) is 0 Å². The summed E-state index contributed by atoms with van der Waals surface area (Å²) in [5, 5.41) is 0. The van der Waals surface area contributed by atoms with Crippen LogP contribution in [0.4, 0.5) is 4.79 Å². The van der Waals surface area contributed by atoms with Crippen molar-refractivity contribution < 1.29 is 14.3 Å². The minimum Gasteiger partial charge on any atom is -0.444 e. The Morgan fingerprint density at radius 3 is 2.56 bits per heavy atom. The van der Waals surface area contributed by atoms with Gasteiger partial charge < -0.3 is 9.64 Å². The number of nitrogens with zero attached hydrogens (tertiary/aromatic N) is 2. The van der Waals surface area contributed by atoms with Gasteiger partial charge in [0.25, 0.3) is 0 Å². The Kier molecular flexibility index (Phi) is 4.86. The number of rotatable bonds is 3. The van der Waals surface area contributed by atoms with E-state index in [0.29, 0.717) is 9.35 Å². The molecule has 0 saturated heterocycles. The first-order valence-electron chi connectivity index (χ1n) is 5.28. The first kappa shape index (κ1) is 15.1. The average molecular weight is 335 g/mol. The second kappa shape index (κ2) is 5.79. The number of amides is 1.